The maximum atomic E-state index is 5.95. The third-order valence-electron chi connectivity index (χ3n) is 2.35. The standard InChI is InChI=1S/C13H11BrClNO/c1-8-7-10(3-5-12(8)15)17-13-6-4-11(14)9(2)16-13/h3-7H,1-2H3. The van der Waals surface area contributed by atoms with Gasteiger partial charge in [-0.05, 0) is 59.6 Å². The minimum Gasteiger partial charge on any atom is -0.439 e. The van der Waals surface area contributed by atoms with E-state index in [0.29, 0.717) is 5.88 Å². The van der Waals surface area contributed by atoms with Crippen LogP contribution in [0.4, 0.5) is 0 Å². The lowest BCUT2D eigenvalue weighted by atomic mass is 10.2. The van der Waals surface area contributed by atoms with E-state index >= 15 is 0 Å². The molecular weight excluding hydrogens is 302 g/mol. The smallest absolute Gasteiger partial charge is 0.219 e. The number of pyridine rings is 1. The Morgan fingerprint density at radius 1 is 1.18 bits per heavy atom. The molecule has 2 aromatic rings. The van der Waals surface area contributed by atoms with Gasteiger partial charge in [-0.1, -0.05) is 11.6 Å². The van der Waals surface area contributed by atoms with Crippen molar-refractivity contribution in [3.63, 3.8) is 0 Å². The summed E-state index contributed by atoms with van der Waals surface area (Å²) >= 11 is 9.35. The summed E-state index contributed by atoms with van der Waals surface area (Å²) in [5.41, 5.74) is 1.88. The number of hydrogen-bond acceptors (Lipinski definition) is 2. The summed E-state index contributed by atoms with van der Waals surface area (Å²) in [5, 5.41) is 0.734. The van der Waals surface area contributed by atoms with E-state index in [4.69, 9.17) is 16.3 Å². The Labute approximate surface area is 114 Å². The maximum absolute atomic E-state index is 5.95. The zero-order valence-corrected chi connectivity index (χ0v) is 11.8. The molecule has 0 N–H and O–H groups in total. The molecule has 0 bridgehead atoms. The Kier molecular flexibility index (Phi) is 3.69. The summed E-state index contributed by atoms with van der Waals surface area (Å²) in [4.78, 5) is 4.32. The zero-order valence-electron chi connectivity index (χ0n) is 9.50. The van der Waals surface area contributed by atoms with Crippen LogP contribution in [0.3, 0.4) is 0 Å². The first-order valence-electron chi connectivity index (χ1n) is 5.13. The highest BCUT2D eigenvalue weighted by atomic mass is 79.9. The van der Waals surface area contributed by atoms with Crippen molar-refractivity contribution >= 4 is 27.5 Å². The Bertz CT molecular complexity index is 508. The lowest BCUT2D eigenvalue weighted by Crippen LogP contribution is -1.91. The Hall–Kier alpha value is -1.06. The van der Waals surface area contributed by atoms with Crippen molar-refractivity contribution < 1.29 is 4.74 Å². The number of hydrogen-bond donors (Lipinski definition) is 0. The quantitative estimate of drug-likeness (QED) is 0.786. The van der Waals surface area contributed by atoms with Crippen molar-refractivity contribution in [2.24, 2.45) is 0 Å². The highest BCUT2D eigenvalue weighted by molar-refractivity contribution is 9.10. The third-order valence-corrected chi connectivity index (χ3v) is 3.61. The number of ether oxygens (including phenoxy) is 1. The average Bonchev–Trinajstić information content (AvgIpc) is 2.29. The van der Waals surface area contributed by atoms with E-state index < -0.39 is 0 Å². The van der Waals surface area contributed by atoms with Gasteiger partial charge in [0.2, 0.25) is 5.88 Å². The molecule has 1 aromatic carbocycles. The second-order valence-electron chi connectivity index (χ2n) is 3.73. The van der Waals surface area contributed by atoms with Crippen LogP contribution in [0.25, 0.3) is 0 Å². The van der Waals surface area contributed by atoms with Crippen molar-refractivity contribution in [2.45, 2.75) is 13.8 Å². The second kappa shape index (κ2) is 5.07. The van der Waals surface area contributed by atoms with E-state index in [1.165, 1.54) is 0 Å². The van der Waals surface area contributed by atoms with Crippen LogP contribution in [0.5, 0.6) is 11.6 Å². The van der Waals surface area contributed by atoms with Crippen molar-refractivity contribution in [1.82, 2.24) is 4.98 Å². The number of aromatic nitrogens is 1. The summed E-state index contributed by atoms with van der Waals surface area (Å²) in [5.74, 6) is 1.31. The molecule has 17 heavy (non-hydrogen) atoms. The normalized spacial score (nSPS) is 10.4. The molecule has 0 unspecified atom stereocenters. The lowest BCUT2D eigenvalue weighted by Gasteiger charge is -2.07. The van der Waals surface area contributed by atoms with Crippen LogP contribution in [0, 0.1) is 13.8 Å². The molecule has 4 heteroatoms. The Balaban J connectivity index is 2.25. The first-order chi connectivity index (χ1) is 8.06. The predicted molar refractivity (Wildman–Crippen MR) is 72.9 cm³/mol. The zero-order chi connectivity index (χ0) is 12.4. The largest absolute Gasteiger partial charge is 0.439 e. The van der Waals surface area contributed by atoms with Gasteiger partial charge in [0.15, 0.2) is 0 Å². The summed E-state index contributed by atoms with van der Waals surface area (Å²) in [7, 11) is 0. The molecule has 0 spiro atoms. The van der Waals surface area contributed by atoms with Gasteiger partial charge in [-0.15, -0.1) is 0 Å². The lowest BCUT2D eigenvalue weighted by molar-refractivity contribution is 0.461. The van der Waals surface area contributed by atoms with Crippen molar-refractivity contribution in [2.75, 3.05) is 0 Å². The SMILES string of the molecule is Cc1cc(Oc2ccc(Br)c(C)n2)ccc1Cl. The van der Waals surface area contributed by atoms with Crippen LogP contribution in [0.2, 0.25) is 5.02 Å². The van der Waals surface area contributed by atoms with Gasteiger partial charge in [-0.3, -0.25) is 0 Å². The minimum absolute atomic E-state index is 0.576. The van der Waals surface area contributed by atoms with Crippen molar-refractivity contribution in [3.8, 4) is 11.6 Å². The Morgan fingerprint density at radius 3 is 2.59 bits per heavy atom. The van der Waals surface area contributed by atoms with Gasteiger partial charge in [0.25, 0.3) is 0 Å². The molecule has 2 nitrogen and oxygen atoms in total. The number of benzene rings is 1. The van der Waals surface area contributed by atoms with E-state index in [1.807, 2.05) is 44.2 Å². The fourth-order valence-electron chi connectivity index (χ4n) is 1.38. The topological polar surface area (TPSA) is 22.1 Å². The number of aryl methyl sites for hydroxylation is 2. The van der Waals surface area contributed by atoms with Gasteiger partial charge in [0.1, 0.15) is 5.75 Å². The fraction of sp³-hybridized carbons (Fsp3) is 0.154. The average molecular weight is 313 g/mol. The minimum atomic E-state index is 0.576. The molecule has 0 saturated carbocycles. The maximum Gasteiger partial charge on any atom is 0.219 e. The molecule has 0 saturated heterocycles. The second-order valence-corrected chi connectivity index (χ2v) is 4.99. The molecule has 0 atom stereocenters. The number of halogens is 2. The molecule has 1 aromatic heterocycles. The van der Waals surface area contributed by atoms with Crippen LogP contribution >= 0.6 is 27.5 Å². The van der Waals surface area contributed by atoms with E-state index in [0.717, 1.165) is 26.5 Å². The van der Waals surface area contributed by atoms with Gasteiger partial charge >= 0.3 is 0 Å². The van der Waals surface area contributed by atoms with Crippen LogP contribution in [-0.2, 0) is 0 Å². The number of rotatable bonds is 2. The summed E-state index contributed by atoms with van der Waals surface area (Å²) in [6.45, 7) is 3.86. The molecular formula is C13H11BrClNO. The van der Waals surface area contributed by atoms with E-state index in [9.17, 15) is 0 Å². The summed E-state index contributed by atoms with van der Waals surface area (Å²) in [6.07, 6.45) is 0. The van der Waals surface area contributed by atoms with Gasteiger partial charge in [0, 0.05) is 15.6 Å². The van der Waals surface area contributed by atoms with Crippen LogP contribution in [-0.4, -0.2) is 4.98 Å². The van der Waals surface area contributed by atoms with Gasteiger partial charge in [0.05, 0.1) is 5.69 Å². The highest BCUT2D eigenvalue weighted by Crippen LogP contribution is 2.26. The van der Waals surface area contributed by atoms with Crippen LogP contribution < -0.4 is 4.74 Å². The Morgan fingerprint density at radius 2 is 1.94 bits per heavy atom. The van der Waals surface area contributed by atoms with Crippen molar-refractivity contribution in [1.29, 1.82) is 0 Å². The van der Waals surface area contributed by atoms with Crippen molar-refractivity contribution in [3.05, 3.63) is 51.1 Å². The molecule has 0 aliphatic rings. The van der Waals surface area contributed by atoms with Gasteiger partial charge < -0.3 is 4.74 Å². The molecule has 0 aliphatic carbocycles. The fourth-order valence-corrected chi connectivity index (χ4v) is 1.72. The summed E-state index contributed by atoms with van der Waals surface area (Å²) < 4.78 is 6.63. The van der Waals surface area contributed by atoms with Gasteiger partial charge in [-0.2, -0.15) is 0 Å². The summed E-state index contributed by atoms with van der Waals surface area (Å²) in [6, 6.07) is 9.27. The van der Waals surface area contributed by atoms with E-state index in [2.05, 4.69) is 20.9 Å². The molecule has 0 amide bonds. The van der Waals surface area contributed by atoms with Crippen LogP contribution in [0.1, 0.15) is 11.3 Å². The molecule has 88 valence electrons. The van der Waals surface area contributed by atoms with E-state index in [-0.39, 0.29) is 0 Å². The van der Waals surface area contributed by atoms with Gasteiger partial charge in [-0.25, -0.2) is 4.98 Å². The molecule has 0 aliphatic heterocycles. The van der Waals surface area contributed by atoms with Crippen LogP contribution in [0.15, 0.2) is 34.8 Å². The van der Waals surface area contributed by atoms with E-state index in [1.54, 1.807) is 0 Å². The number of nitrogens with zero attached hydrogens (tertiary/aromatic N) is 1. The molecule has 1 heterocycles. The molecule has 0 radical (unpaired) electrons. The third kappa shape index (κ3) is 2.99. The first kappa shape index (κ1) is 12.4. The highest BCUT2D eigenvalue weighted by Gasteiger charge is 2.03. The first-order valence-corrected chi connectivity index (χ1v) is 6.30. The predicted octanol–water partition coefficient (Wildman–Crippen LogP) is 4.91. The molecule has 0 fully saturated rings. The monoisotopic (exact) mass is 311 g/mol. The molecule has 2 rings (SSSR count).